The fourth-order valence-corrected chi connectivity index (χ4v) is 2.86. The maximum Gasteiger partial charge on any atom is 0.359 e. The summed E-state index contributed by atoms with van der Waals surface area (Å²) in [6.07, 6.45) is 1.65. The fourth-order valence-electron chi connectivity index (χ4n) is 2.74. The van der Waals surface area contributed by atoms with E-state index >= 15 is 0 Å². The molecular formula is C18H18ClN3O4. The van der Waals surface area contributed by atoms with Crippen LogP contribution in [0.25, 0.3) is 16.8 Å². The Morgan fingerprint density at radius 2 is 2.15 bits per heavy atom. The maximum atomic E-state index is 12.7. The molecule has 0 saturated heterocycles. The molecule has 2 heterocycles. The second-order valence-electron chi connectivity index (χ2n) is 5.73. The van der Waals surface area contributed by atoms with Crippen LogP contribution in [0.5, 0.6) is 0 Å². The Kier molecular flexibility index (Phi) is 5.11. The number of aromatic nitrogens is 3. The highest BCUT2D eigenvalue weighted by Crippen LogP contribution is 2.24. The second kappa shape index (κ2) is 7.31. The third kappa shape index (κ3) is 3.23. The standard InChI is InChI=1S/C18H18ClN3O4/c1-4-26-18(24)15-12(9-25-3)16-17(23)20-14(8-22(16)21-15)11-5-6-13(19)10(2)7-11/h5-8H,4,9H2,1-3H3,(H,20,23). The largest absolute Gasteiger partial charge is 0.461 e. The molecule has 0 aliphatic heterocycles. The summed E-state index contributed by atoms with van der Waals surface area (Å²) in [5.41, 5.74) is 2.58. The molecule has 0 amide bonds. The van der Waals surface area contributed by atoms with Crippen molar-refractivity contribution < 1.29 is 14.3 Å². The van der Waals surface area contributed by atoms with Crippen LogP contribution in [-0.2, 0) is 16.1 Å². The molecule has 0 atom stereocenters. The predicted octanol–water partition coefficient (Wildman–Crippen LogP) is 2.97. The smallest absolute Gasteiger partial charge is 0.359 e. The van der Waals surface area contributed by atoms with Crippen LogP contribution in [0.3, 0.4) is 0 Å². The number of benzene rings is 1. The molecule has 136 valence electrons. The van der Waals surface area contributed by atoms with Crippen LogP contribution in [0.1, 0.15) is 28.5 Å². The number of hydrogen-bond donors (Lipinski definition) is 1. The first-order valence-corrected chi connectivity index (χ1v) is 8.41. The molecule has 8 heteroatoms. The molecule has 26 heavy (non-hydrogen) atoms. The van der Waals surface area contributed by atoms with E-state index in [4.69, 9.17) is 21.1 Å². The number of carbonyl (C=O) groups excluding carboxylic acids is 1. The average Bonchev–Trinajstić information content (AvgIpc) is 2.97. The summed E-state index contributed by atoms with van der Waals surface area (Å²) < 4.78 is 11.6. The van der Waals surface area contributed by atoms with E-state index in [-0.39, 0.29) is 30.0 Å². The normalized spacial score (nSPS) is 11.1. The number of aryl methyl sites for hydroxylation is 1. The van der Waals surface area contributed by atoms with Gasteiger partial charge in [0.2, 0.25) is 0 Å². The van der Waals surface area contributed by atoms with Gasteiger partial charge in [0.15, 0.2) is 5.69 Å². The van der Waals surface area contributed by atoms with Gasteiger partial charge in [0.1, 0.15) is 5.52 Å². The summed E-state index contributed by atoms with van der Waals surface area (Å²) in [5.74, 6) is -0.591. The van der Waals surface area contributed by atoms with Crippen molar-refractivity contribution >= 4 is 23.1 Å². The van der Waals surface area contributed by atoms with Crippen LogP contribution < -0.4 is 5.56 Å². The van der Waals surface area contributed by atoms with Crippen LogP contribution in [-0.4, -0.2) is 34.3 Å². The molecular weight excluding hydrogens is 358 g/mol. The van der Waals surface area contributed by atoms with Crippen LogP contribution in [0.15, 0.2) is 29.2 Å². The van der Waals surface area contributed by atoms with Gasteiger partial charge in [-0.3, -0.25) is 4.79 Å². The van der Waals surface area contributed by atoms with Crippen LogP contribution in [0.2, 0.25) is 5.02 Å². The van der Waals surface area contributed by atoms with Gasteiger partial charge in [0, 0.05) is 17.7 Å². The Hall–Kier alpha value is -2.64. The van der Waals surface area contributed by atoms with Gasteiger partial charge in [-0.2, -0.15) is 5.10 Å². The number of H-pyrrole nitrogens is 1. The number of nitrogens with one attached hydrogen (secondary N) is 1. The topological polar surface area (TPSA) is 85.7 Å². The number of fused-ring (bicyclic) bond motifs is 1. The molecule has 0 radical (unpaired) electrons. The second-order valence-corrected chi connectivity index (χ2v) is 6.14. The van der Waals surface area contributed by atoms with E-state index in [0.29, 0.717) is 16.3 Å². The minimum absolute atomic E-state index is 0.0696. The molecule has 2 aromatic heterocycles. The lowest BCUT2D eigenvalue weighted by atomic mass is 10.1. The summed E-state index contributed by atoms with van der Waals surface area (Å²) in [6.45, 7) is 3.87. The Balaban J connectivity index is 2.21. The van der Waals surface area contributed by atoms with Gasteiger partial charge in [0.25, 0.3) is 5.56 Å². The van der Waals surface area contributed by atoms with E-state index < -0.39 is 5.97 Å². The lowest BCUT2D eigenvalue weighted by molar-refractivity contribution is 0.0514. The number of halogens is 1. The van der Waals surface area contributed by atoms with Gasteiger partial charge >= 0.3 is 5.97 Å². The number of ether oxygens (including phenoxy) is 2. The predicted molar refractivity (Wildman–Crippen MR) is 97.7 cm³/mol. The zero-order valence-corrected chi connectivity index (χ0v) is 15.4. The minimum atomic E-state index is -0.591. The first kappa shape index (κ1) is 18.2. The molecule has 0 aliphatic rings. The molecule has 3 rings (SSSR count). The molecule has 0 bridgehead atoms. The zero-order valence-electron chi connectivity index (χ0n) is 14.6. The van der Waals surface area contributed by atoms with Crippen LogP contribution in [0.4, 0.5) is 0 Å². The van der Waals surface area contributed by atoms with E-state index in [1.54, 1.807) is 25.3 Å². The molecule has 0 spiro atoms. The molecule has 0 saturated carbocycles. The van der Waals surface area contributed by atoms with Gasteiger partial charge in [-0.15, -0.1) is 0 Å². The van der Waals surface area contributed by atoms with Crippen molar-refractivity contribution in [2.24, 2.45) is 0 Å². The number of carbonyl (C=O) groups is 1. The lowest BCUT2D eigenvalue weighted by Gasteiger charge is -2.05. The number of methoxy groups -OCH3 is 1. The van der Waals surface area contributed by atoms with Crippen molar-refractivity contribution in [1.29, 1.82) is 0 Å². The SMILES string of the molecule is CCOC(=O)c1nn2cc(-c3ccc(Cl)c(C)c3)[nH]c(=O)c2c1COC. The fraction of sp³-hybridized carbons (Fsp3) is 0.278. The number of hydrogen-bond acceptors (Lipinski definition) is 5. The number of rotatable bonds is 5. The van der Waals surface area contributed by atoms with Crippen molar-refractivity contribution in [3.63, 3.8) is 0 Å². The number of esters is 1. The van der Waals surface area contributed by atoms with Crippen molar-refractivity contribution in [3.8, 4) is 11.3 Å². The Labute approximate surface area is 154 Å². The summed E-state index contributed by atoms with van der Waals surface area (Å²) >= 11 is 6.06. The monoisotopic (exact) mass is 375 g/mol. The number of nitrogens with zero attached hydrogens (tertiary/aromatic N) is 2. The van der Waals surface area contributed by atoms with Crippen LogP contribution in [0, 0.1) is 6.92 Å². The van der Waals surface area contributed by atoms with E-state index in [2.05, 4.69) is 10.1 Å². The molecule has 0 aliphatic carbocycles. The van der Waals surface area contributed by atoms with E-state index in [0.717, 1.165) is 11.1 Å². The summed E-state index contributed by atoms with van der Waals surface area (Å²) in [4.78, 5) is 27.7. The Morgan fingerprint density at radius 3 is 2.81 bits per heavy atom. The van der Waals surface area contributed by atoms with Gasteiger partial charge in [0.05, 0.1) is 25.1 Å². The van der Waals surface area contributed by atoms with Crippen molar-refractivity contribution in [1.82, 2.24) is 14.6 Å². The average molecular weight is 376 g/mol. The van der Waals surface area contributed by atoms with Crippen molar-refractivity contribution in [3.05, 3.63) is 56.6 Å². The molecule has 7 nitrogen and oxygen atoms in total. The van der Waals surface area contributed by atoms with Gasteiger partial charge in [-0.1, -0.05) is 17.7 Å². The molecule has 1 N–H and O–H groups in total. The molecule has 3 aromatic rings. The van der Waals surface area contributed by atoms with Gasteiger partial charge < -0.3 is 14.5 Å². The summed E-state index contributed by atoms with van der Waals surface area (Å²) in [7, 11) is 1.48. The minimum Gasteiger partial charge on any atom is -0.461 e. The third-order valence-corrected chi connectivity index (χ3v) is 4.37. The highest BCUT2D eigenvalue weighted by atomic mass is 35.5. The summed E-state index contributed by atoms with van der Waals surface area (Å²) in [6, 6.07) is 5.43. The maximum absolute atomic E-state index is 12.7. The van der Waals surface area contributed by atoms with Crippen molar-refractivity contribution in [2.75, 3.05) is 13.7 Å². The zero-order chi connectivity index (χ0) is 18.8. The first-order valence-electron chi connectivity index (χ1n) is 8.03. The van der Waals surface area contributed by atoms with Gasteiger partial charge in [-0.05, 0) is 37.1 Å². The highest BCUT2D eigenvalue weighted by molar-refractivity contribution is 6.31. The van der Waals surface area contributed by atoms with E-state index in [1.165, 1.54) is 11.6 Å². The Bertz CT molecular complexity index is 1040. The molecule has 0 unspecified atom stereocenters. The first-order chi connectivity index (χ1) is 12.5. The van der Waals surface area contributed by atoms with Crippen molar-refractivity contribution in [2.45, 2.75) is 20.5 Å². The number of aromatic amines is 1. The van der Waals surface area contributed by atoms with E-state index in [9.17, 15) is 9.59 Å². The Morgan fingerprint density at radius 1 is 1.38 bits per heavy atom. The third-order valence-electron chi connectivity index (χ3n) is 3.95. The van der Waals surface area contributed by atoms with E-state index in [1.807, 2.05) is 13.0 Å². The molecule has 0 fully saturated rings. The van der Waals surface area contributed by atoms with Gasteiger partial charge in [-0.25, -0.2) is 9.31 Å². The molecule has 1 aromatic carbocycles. The quantitative estimate of drug-likeness (QED) is 0.693. The summed E-state index contributed by atoms with van der Waals surface area (Å²) in [5, 5.41) is 4.89. The highest BCUT2D eigenvalue weighted by Gasteiger charge is 2.23. The van der Waals surface area contributed by atoms with Crippen LogP contribution >= 0.6 is 11.6 Å². The lowest BCUT2D eigenvalue weighted by Crippen LogP contribution is -2.13.